The zero-order valence-corrected chi connectivity index (χ0v) is 19.1. The van der Waals surface area contributed by atoms with Crippen molar-refractivity contribution in [3.63, 3.8) is 0 Å². The van der Waals surface area contributed by atoms with E-state index in [1.54, 1.807) is 22.4 Å². The molecule has 2 amide bonds. The molecule has 2 aliphatic rings. The van der Waals surface area contributed by atoms with E-state index in [4.69, 9.17) is 0 Å². The molecule has 0 saturated carbocycles. The fourth-order valence-corrected chi connectivity index (χ4v) is 5.74. The number of aromatic nitrogens is 3. The van der Waals surface area contributed by atoms with Crippen molar-refractivity contribution < 1.29 is 9.59 Å². The molecule has 5 rings (SSSR count). The summed E-state index contributed by atoms with van der Waals surface area (Å²) in [4.78, 5) is 52.7. The van der Waals surface area contributed by atoms with Crippen LogP contribution in [0.25, 0.3) is 10.2 Å². The average Bonchev–Trinajstić information content (AvgIpc) is 3.24. The van der Waals surface area contributed by atoms with E-state index in [1.165, 1.54) is 15.8 Å². The van der Waals surface area contributed by atoms with E-state index in [9.17, 15) is 14.4 Å². The molecule has 0 spiro atoms. The first-order valence-electron chi connectivity index (χ1n) is 11.3. The number of nitrogens with one attached hydrogen (secondary N) is 1. The summed E-state index contributed by atoms with van der Waals surface area (Å²) in [6.07, 6.45) is 7.30. The lowest BCUT2D eigenvalue weighted by Crippen LogP contribution is -2.51. The minimum Gasteiger partial charge on any atom is -0.353 e. The summed E-state index contributed by atoms with van der Waals surface area (Å²) < 4.78 is 1.34. The van der Waals surface area contributed by atoms with Gasteiger partial charge in [0.05, 0.1) is 18.3 Å². The number of hydrogen-bond acceptors (Lipinski definition) is 7. The van der Waals surface area contributed by atoms with Crippen LogP contribution in [0.2, 0.25) is 0 Å². The van der Waals surface area contributed by atoms with Crippen molar-refractivity contribution in [2.45, 2.75) is 32.2 Å². The Balaban J connectivity index is 1.16. The molecule has 10 heteroatoms. The first-order valence-corrected chi connectivity index (χ1v) is 12.1. The molecule has 1 fully saturated rings. The first kappa shape index (κ1) is 21.6. The maximum atomic E-state index is 13.0. The third-order valence-electron chi connectivity index (χ3n) is 6.30. The highest BCUT2D eigenvalue weighted by Gasteiger charge is 2.23. The standard InChI is InChI=1S/C23H26N6O3S/c30-19(14-29-15-26-22-21(23(29)32)16-5-1-2-6-17(16)33-22)25-13-20(31)28-11-9-27(10-12-28)18-7-3-4-8-24-18/h3-4,7-8,15H,1-2,5-6,9-14H2,(H,25,30). The van der Waals surface area contributed by atoms with Crippen molar-refractivity contribution in [3.05, 3.63) is 51.5 Å². The van der Waals surface area contributed by atoms with Gasteiger partial charge in [0, 0.05) is 37.3 Å². The summed E-state index contributed by atoms with van der Waals surface area (Å²) in [6, 6.07) is 5.78. The summed E-state index contributed by atoms with van der Waals surface area (Å²) in [6.45, 7) is 2.32. The molecule has 0 unspecified atom stereocenters. The number of nitrogens with zero attached hydrogens (tertiary/aromatic N) is 5. The molecule has 1 aliphatic heterocycles. The number of carbonyl (C=O) groups excluding carboxylic acids is 2. The van der Waals surface area contributed by atoms with Crippen molar-refractivity contribution in [2.75, 3.05) is 37.6 Å². The van der Waals surface area contributed by atoms with E-state index in [2.05, 4.69) is 20.2 Å². The van der Waals surface area contributed by atoms with Crippen molar-refractivity contribution in [1.82, 2.24) is 24.8 Å². The Morgan fingerprint density at radius 1 is 1.06 bits per heavy atom. The van der Waals surface area contributed by atoms with Crippen LogP contribution in [-0.2, 0) is 29.0 Å². The number of thiophene rings is 1. The summed E-state index contributed by atoms with van der Waals surface area (Å²) in [5, 5.41) is 3.32. The van der Waals surface area contributed by atoms with Crippen LogP contribution in [0.5, 0.6) is 0 Å². The van der Waals surface area contributed by atoms with Crippen LogP contribution in [0.4, 0.5) is 5.82 Å². The topological polar surface area (TPSA) is 100 Å². The van der Waals surface area contributed by atoms with Crippen molar-refractivity contribution in [1.29, 1.82) is 0 Å². The lowest BCUT2D eigenvalue weighted by atomic mass is 9.97. The van der Waals surface area contributed by atoms with Crippen molar-refractivity contribution in [3.8, 4) is 0 Å². The second-order valence-electron chi connectivity index (χ2n) is 8.40. The highest BCUT2D eigenvalue weighted by Crippen LogP contribution is 2.33. The predicted octanol–water partition coefficient (Wildman–Crippen LogP) is 1.20. The molecule has 172 valence electrons. The second-order valence-corrected chi connectivity index (χ2v) is 9.48. The average molecular weight is 467 g/mol. The zero-order chi connectivity index (χ0) is 22.8. The third kappa shape index (κ3) is 4.47. The summed E-state index contributed by atoms with van der Waals surface area (Å²) in [5.74, 6) is 0.403. The third-order valence-corrected chi connectivity index (χ3v) is 7.50. The number of aryl methyl sites for hydroxylation is 2. The zero-order valence-electron chi connectivity index (χ0n) is 18.3. The van der Waals surface area contributed by atoms with Gasteiger partial charge < -0.3 is 15.1 Å². The molecule has 33 heavy (non-hydrogen) atoms. The lowest BCUT2D eigenvalue weighted by molar-refractivity contribution is -0.133. The van der Waals surface area contributed by atoms with Crippen LogP contribution < -0.4 is 15.8 Å². The Morgan fingerprint density at radius 2 is 1.88 bits per heavy atom. The minimum atomic E-state index is -0.372. The molecule has 3 aromatic rings. The van der Waals surface area contributed by atoms with Gasteiger partial charge >= 0.3 is 0 Å². The summed E-state index contributed by atoms with van der Waals surface area (Å²) >= 11 is 1.59. The molecule has 1 saturated heterocycles. The van der Waals surface area contributed by atoms with E-state index in [0.29, 0.717) is 31.6 Å². The van der Waals surface area contributed by atoms with Gasteiger partial charge in [0.15, 0.2) is 0 Å². The molecule has 1 N–H and O–H groups in total. The number of rotatable bonds is 5. The maximum Gasteiger partial charge on any atom is 0.262 e. The lowest BCUT2D eigenvalue weighted by Gasteiger charge is -2.35. The Labute approximate surface area is 195 Å². The van der Waals surface area contributed by atoms with Crippen LogP contribution in [0.3, 0.4) is 0 Å². The van der Waals surface area contributed by atoms with Gasteiger partial charge in [-0.3, -0.25) is 19.0 Å². The minimum absolute atomic E-state index is 0.0826. The van der Waals surface area contributed by atoms with Gasteiger partial charge in [-0.1, -0.05) is 6.07 Å². The molecule has 9 nitrogen and oxygen atoms in total. The monoisotopic (exact) mass is 466 g/mol. The van der Waals surface area contributed by atoms with E-state index in [0.717, 1.165) is 41.9 Å². The van der Waals surface area contributed by atoms with E-state index in [1.807, 2.05) is 18.2 Å². The number of hydrogen-bond donors (Lipinski definition) is 1. The fourth-order valence-electron chi connectivity index (χ4n) is 4.52. The predicted molar refractivity (Wildman–Crippen MR) is 127 cm³/mol. The van der Waals surface area contributed by atoms with Gasteiger partial charge in [-0.05, 0) is 43.4 Å². The molecule has 1 aliphatic carbocycles. The van der Waals surface area contributed by atoms with Gasteiger partial charge in [0.1, 0.15) is 17.2 Å². The van der Waals surface area contributed by atoms with E-state index in [-0.39, 0.29) is 30.5 Å². The van der Waals surface area contributed by atoms with E-state index < -0.39 is 0 Å². The molecule has 3 aromatic heterocycles. The molecule has 4 heterocycles. The van der Waals surface area contributed by atoms with Crippen molar-refractivity contribution in [2.24, 2.45) is 0 Å². The van der Waals surface area contributed by atoms with Crippen LogP contribution in [-0.4, -0.2) is 64.0 Å². The van der Waals surface area contributed by atoms with Gasteiger partial charge in [0.2, 0.25) is 11.8 Å². The smallest absolute Gasteiger partial charge is 0.262 e. The van der Waals surface area contributed by atoms with Crippen LogP contribution in [0.15, 0.2) is 35.5 Å². The highest BCUT2D eigenvalue weighted by molar-refractivity contribution is 7.18. The molecule has 0 bridgehead atoms. The van der Waals surface area contributed by atoms with Crippen LogP contribution in [0.1, 0.15) is 23.3 Å². The van der Waals surface area contributed by atoms with Crippen LogP contribution in [0, 0.1) is 0 Å². The number of pyridine rings is 1. The highest BCUT2D eigenvalue weighted by atomic mass is 32.1. The number of fused-ring (bicyclic) bond motifs is 3. The largest absolute Gasteiger partial charge is 0.353 e. The summed E-state index contributed by atoms with van der Waals surface area (Å²) in [7, 11) is 0. The van der Waals surface area contributed by atoms with Gasteiger partial charge in [-0.25, -0.2) is 9.97 Å². The number of anilines is 1. The van der Waals surface area contributed by atoms with Gasteiger partial charge in [-0.2, -0.15) is 0 Å². The molecular formula is C23H26N6O3S. The Morgan fingerprint density at radius 3 is 2.67 bits per heavy atom. The fraction of sp³-hybridized carbons (Fsp3) is 0.435. The van der Waals surface area contributed by atoms with Crippen LogP contribution >= 0.6 is 11.3 Å². The van der Waals surface area contributed by atoms with Crippen molar-refractivity contribution >= 4 is 39.2 Å². The Bertz CT molecular complexity index is 1230. The first-order chi connectivity index (χ1) is 16.1. The number of amides is 2. The normalized spacial score (nSPS) is 16.0. The second kappa shape index (κ2) is 9.30. The SMILES string of the molecule is O=C(Cn1cnc2sc3c(c2c1=O)CCCC3)NCC(=O)N1CCN(c2ccccn2)CC1. The quantitative estimate of drug-likeness (QED) is 0.607. The van der Waals surface area contributed by atoms with E-state index >= 15 is 0 Å². The molecule has 0 radical (unpaired) electrons. The maximum absolute atomic E-state index is 13.0. The van der Waals surface area contributed by atoms with Gasteiger partial charge in [-0.15, -0.1) is 11.3 Å². The Hall–Kier alpha value is -3.27. The molecule has 0 aromatic carbocycles. The number of piperazine rings is 1. The Kier molecular flexibility index (Phi) is 6.08. The summed E-state index contributed by atoms with van der Waals surface area (Å²) in [5.41, 5.74) is 0.931. The number of carbonyl (C=O) groups is 2. The molecule has 0 atom stereocenters. The van der Waals surface area contributed by atoms with Gasteiger partial charge in [0.25, 0.3) is 5.56 Å². The molecular weight excluding hydrogens is 440 g/mol.